The molecule has 0 N–H and O–H groups in total. The van der Waals surface area contributed by atoms with E-state index in [1.807, 2.05) is 29.4 Å². The number of ether oxygens (including phenoxy) is 1. The number of rotatable bonds is 5. The third-order valence-electron chi connectivity index (χ3n) is 6.42. The van der Waals surface area contributed by atoms with Crippen LogP contribution in [0.4, 0.5) is 5.69 Å². The van der Waals surface area contributed by atoms with Crippen LogP contribution in [0.5, 0.6) is 0 Å². The molecule has 0 bridgehead atoms. The average molecular weight is 422 g/mol. The van der Waals surface area contributed by atoms with E-state index < -0.39 is 0 Å². The van der Waals surface area contributed by atoms with Crippen molar-refractivity contribution in [3.05, 3.63) is 48.3 Å². The Bertz CT molecular complexity index is 851. The van der Waals surface area contributed by atoms with Crippen LogP contribution in [0.1, 0.15) is 50.5 Å². The van der Waals surface area contributed by atoms with E-state index in [9.17, 15) is 4.79 Å². The van der Waals surface area contributed by atoms with Crippen molar-refractivity contribution in [3.63, 3.8) is 0 Å². The molecule has 1 saturated carbocycles. The molecule has 0 atom stereocenters. The van der Waals surface area contributed by atoms with Crippen molar-refractivity contribution in [2.45, 2.75) is 51.5 Å². The molecule has 1 aliphatic heterocycles. The predicted octanol–water partition coefficient (Wildman–Crippen LogP) is 4.90. The second kappa shape index (κ2) is 10.9. The Hall–Kier alpha value is -2.24. The highest BCUT2D eigenvalue weighted by atomic mass is 16.5. The molecule has 0 radical (unpaired) electrons. The lowest BCUT2D eigenvalue weighted by molar-refractivity contribution is -0.122. The summed E-state index contributed by atoms with van der Waals surface area (Å²) in [7, 11) is 1.60. The van der Waals surface area contributed by atoms with Gasteiger partial charge in [-0.2, -0.15) is 0 Å². The van der Waals surface area contributed by atoms with Gasteiger partial charge in [-0.05, 0) is 79.1 Å². The number of anilines is 1. The Morgan fingerprint density at radius 3 is 2.48 bits per heavy atom. The number of aromatic nitrogens is 1. The number of nitrogens with zero attached hydrogens (tertiary/aromatic N) is 3. The van der Waals surface area contributed by atoms with E-state index in [0.717, 1.165) is 43.2 Å². The Kier molecular flexibility index (Phi) is 7.71. The molecule has 166 valence electrons. The fourth-order valence-corrected chi connectivity index (χ4v) is 4.56. The van der Waals surface area contributed by atoms with Crippen LogP contribution in [0.3, 0.4) is 0 Å². The van der Waals surface area contributed by atoms with E-state index >= 15 is 0 Å². The van der Waals surface area contributed by atoms with Crippen LogP contribution in [0, 0.1) is 5.92 Å². The quantitative estimate of drug-likeness (QED) is 0.689. The Balaban J connectivity index is 1.70. The molecule has 5 heteroatoms. The van der Waals surface area contributed by atoms with Gasteiger partial charge in [-0.3, -0.25) is 14.7 Å². The number of pyridine rings is 1. The van der Waals surface area contributed by atoms with Gasteiger partial charge in [0.25, 0.3) is 5.91 Å². The lowest BCUT2D eigenvalue weighted by Gasteiger charge is -2.30. The predicted molar refractivity (Wildman–Crippen MR) is 125 cm³/mol. The topological polar surface area (TPSA) is 45.7 Å². The van der Waals surface area contributed by atoms with E-state index in [2.05, 4.69) is 28.1 Å². The minimum Gasteiger partial charge on any atom is -0.375 e. The molecule has 4 rings (SSSR count). The Morgan fingerprint density at radius 1 is 1.00 bits per heavy atom. The smallest absolute Gasteiger partial charge is 0.252 e. The lowest BCUT2D eigenvalue weighted by Crippen LogP contribution is -2.36. The molecule has 1 amide bonds. The van der Waals surface area contributed by atoms with Crippen molar-refractivity contribution in [3.8, 4) is 11.1 Å². The van der Waals surface area contributed by atoms with Crippen molar-refractivity contribution in [1.29, 1.82) is 0 Å². The molecular weight excluding hydrogens is 386 g/mol. The minimum atomic E-state index is 0.0474. The molecule has 1 aromatic heterocycles. The molecule has 0 spiro atoms. The van der Waals surface area contributed by atoms with Gasteiger partial charge in [0.15, 0.2) is 0 Å². The fourth-order valence-electron chi connectivity index (χ4n) is 4.56. The standard InChI is InChI=1S/C26H35N3O2/c1-31-20-26(30)29-16-6-4-2-3-5-15-28(18-21-7-8-21)19-24-17-23(9-10-25(24)29)22-11-13-27-14-12-22/h9-14,17,21H,2-8,15-16,18-20H2,1H3. The molecule has 0 unspecified atom stereocenters. The van der Waals surface area contributed by atoms with Gasteiger partial charge in [0.05, 0.1) is 0 Å². The van der Waals surface area contributed by atoms with Gasteiger partial charge >= 0.3 is 0 Å². The van der Waals surface area contributed by atoms with Crippen molar-refractivity contribution in [1.82, 2.24) is 9.88 Å². The monoisotopic (exact) mass is 421 g/mol. The van der Waals surface area contributed by atoms with Gasteiger partial charge in [0.1, 0.15) is 6.61 Å². The normalized spacial score (nSPS) is 18.7. The van der Waals surface area contributed by atoms with Crippen molar-refractivity contribution >= 4 is 11.6 Å². The van der Waals surface area contributed by atoms with E-state index in [1.165, 1.54) is 56.2 Å². The zero-order chi connectivity index (χ0) is 21.5. The van der Waals surface area contributed by atoms with Gasteiger partial charge in [-0.15, -0.1) is 0 Å². The third-order valence-corrected chi connectivity index (χ3v) is 6.42. The Labute approximate surface area is 186 Å². The van der Waals surface area contributed by atoms with E-state index in [1.54, 1.807) is 7.11 Å². The summed E-state index contributed by atoms with van der Waals surface area (Å²) in [5.41, 5.74) is 4.62. The van der Waals surface area contributed by atoms with Crippen molar-refractivity contribution in [2.24, 2.45) is 5.92 Å². The highest BCUT2D eigenvalue weighted by molar-refractivity contribution is 5.95. The SMILES string of the molecule is COCC(=O)N1CCCCCCCN(CC2CC2)Cc2cc(-c3ccncc3)ccc21. The van der Waals surface area contributed by atoms with Crippen LogP contribution in [0.25, 0.3) is 11.1 Å². The molecule has 31 heavy (non-hydrogen) atoms. The molecule has 1 fully saturated rings. The number of benzene rings is 1. The summed E-state index contributed by atoms with van der Waals surface area (Å²) in [5.74, 6) is 0.900. The van der Waals surface area contributed by atoms with Crippen molar-refractivity contribution in [2.75, 3.05) is 38.3 Å². The molecule has 5 nitrogen and oxygen atoms in total. The number of fused-ring (bicyclic) bond motifs is 1. The van der Waals surface area contributed by atoms with E-state index in [4.69, 9.17) is 4.74 Å². The van der Waals surface area contributed by atoms with Crippen LogP contribution in [-0.4, -0.2) is 49.1 Å². The van der Waals surface area contributed by atoms with Gasteiger partial charge in [0, 0.05) is 44.8 Å². The first-order valence-electron chi connectivity index (χ1n) is 11.8. The molecular formula is C26H35N3O2. The second-order valence-electron chi connectivity index (χ2n) is 9.00. The maximum atomic E-state index is 13.0. The maximum absolute atomic E-state index is 13.0. The van der Waals surface area contributed by atoms with Crippen molar-refractivity contribution < 1.29 is 9.53 Å². The molecule has 1 aromatic carbocycles. The highest BCUT2D eigenvalue weighted by Crippen LogP contribution is 2.33. The van der Waals surface area contributed by atoms with E-state index in [-0.39, 0.29) is 12.5 Å². The first-order valence-corrected chi connectivity index (χ1v) is 11.8. The third kappa shape index (κ3) is 6.14. The average Bonchev–Trinajstić information content (AvgIpc) is 3.60. The van der Waals surface area contributed by atoms with Crippen LogP contribution >= 0.6 is 0 Å². The summed E-state index contributed by atoms with van der Waals surface area (Å²) in [6, 6.07) is 10.7. The second-order valence-corrected chi connectivity index (χ2v) is 9.00. The summed E-state index contributed by atoms with van der Waals surface area (Å²) < 4.78 is 5.21. The maximum Gasteiger partial charge on any atom is 0.252 e. The summed E-state index contributed by atoms with van der Waals surface area (Å²) >= 11 is 0. The summed E-state index contributed by atoms with van der Waals surface area (Å²) in [6.07, 6.45) is 12.4. The zero-order valence-corrected chi connectivity index (χ0v) is 18.8. The van der Waals surface area contributed by atoms with Crippen LogP contribution in [-0.2, 0) is 16.1 Å². The number of methoxy groups -OCH3 is 1. The zero-order valence-electron chi connectivity index (χ0n) is 18.8. The molecule has 2 aliphatic rings. The molecule has 1 aliphatic carbocycles. The molecule has 2 aromatic rings. The largest absolute Gasteiger partial charge is 0.375 e. The van der Waals surface area contributed by atoms with Crippen LogP contribution in [0.2, 0.25) is 0 Å². The number of amides is 1. The van der Waals surface area contributed by atoms with Gasteiger partial charge in [-0.1, -0.05) is 25.3 Å². The summed E-state index contributed by atoms with van der Waals surface area (Å²) in [5, 5.41) is 0. The summed E-state index contributed by atoms with van der Waals surface area (Å²) in [4.78, 5) is 21.7. The number of hydrogen-bond acceptors (Lipinski definition) is 4. The highest BCUT2D eigenvalue weighted by Gasteiger charge is 2.26. The number of carbonyl (C=O) groups is 1. The minimum absolute atomic E-state index is 0.0474. The van der Waals surface area contributed by atoms with Gasteiger partial charge in [0.2, 0.25) is 0 Å². The molecule has 2 heterocycles. The van der Waals surface area contributed by atoms with Gasteiger partial charge in [-0.25, -0.2) is 0 Å². The Morgan fingerprint density at radius 2 is 1.74 bits per heavy atom. The lowest BCUT2D eigenvalue weighted by atomic mass is 10.0. The first kappa shape index (κ1) is 22.0. The van der Waals surface area contributed by atoms with E-state index in [0.29, 0.717) is 0 Å². The molecule has 0 saturated heterocycles. The first-order chi connectivity index (χ1) is 15.2. The van der Waals surface area contributed by atoms with Crippen LogP contribution in [0.15, 0.2) is 42.7 Å². The number of hydrogen-bond donors (Lipinski definition) is 0. The van der Waals surface area contributed by atoms with Gasteiger partial charge < -0.3 is 9.64 Å². The summed E-state index contributed by atoms with van der Waals surface area (Å²) in [6.45, 7) is 4.08. The number of carbonyl (C=O) groups excluding carboxylic acids is 1. The fraction of sp³-hybridized carbons (Fsp3) is 0.538. The van der Waals surface area contributed by atoms with Crippen LogP contribution < -0.4 is 4.90 Å².